The molecule has 0 amide bonds. The summed E-state index contributed by atoms with van der Waals surface area (Å²) >= 11 is 0. The molecular weight excluding hydrogens is 504 g/mol. The maximum atomic E-state index is 12.1. The minimum absolute atomic E-state index is 0.110. The third-order valence-corrected chi connectivity index (χ3v) is 7.80. The van der Waals surface area contributed by atoms with E-state index in [2.05, 4.69) is 42.0 Å². The fourth-order valence-electron chi connectivity index (χ4n) is 5.15. The summed E-state index contributed by atoms with van der Waals surface area (Å²) < 4.78 is 12.1. The van der Waals surface area contributed by atoms with E-state index in [0.717, 1.165) is 25.7 Å². The molecule has 7 heteroatoms. The largest absolute Gasteiger partial charge is 0.460 e. The molecule has 1 N–H and O–H groups in total. The van der Waals surface area contributed by atoms with Gasteiger partial charge in [-0.3, -0.25) is 9.59 Å². The van der Waals surface area contributed by atoms with Crippen molar-refractivity contribution in [2.45, 2.75) is 136 Å². The van der Waals surface area contributed by atoms with Crippen molar-refractivity contribution >= 4 is 11.9 Å². The van der Waals surface area contributed by atoms with Crippen LogP contribution in [0.1, 0.15) is 129 Å². The molecule has 0 saturated carbocycles. The zero-order valence-corrected chi connectivity index (χ0v) is 27.5. The number of unbranched alkanes of at least 4 members (excludes halogenated alkanes) is 14. The number of quaternary nitrogens is 2. The number of carbonyl (C=O) groups excluding carboxylic acids is 2. The molecule has 0 rings (SSSR count). The average molecular weight is 573 g/mol. The molecule has 238 valence electrons. The van der Waals surface area contributed by atoms with E-state index in [4.69, 9.17) is 9.47 Å². The highest BCUT2D eigenvalue weighted by Crippen LogP contribution is 2.12. The second-order valence-electron chi connectivity index (χ2n) is 13.2. The molecule has 0 radical (unpaired) electrons. The second-order valence-corrected chi connectivity index (χ2v) is 13.2. The highest BCUT2D eigenvalue weighted by atomic mass is 16.5. The Hall–Kier alpha value is -1.18. The van der Waals surface area contributed by atoms with E-state index in [1.54, 1.807) is 0 Å². The van der Waals surface area contributed by atoms with E-state index in [-0.39, 0.29) is 11.9 Å². The first kappa shape index (κ1) is 38.8. The van der Waals surface area contributed by atoms with Crippen LogP contribution in [0.3, 0.4) is 0 Å². The van der Waals surface area contributed by atoms with Crippen molar-refractivity contribution in [3.05, 3.63) is 0 Å². The Morgan fingerprint density at radius 1 is 0.550 bits per heavy atom. The number of carbonyl (C=O) groups is 2. The molecule has 0 aromatic carbocycles. The molecule has 0 spiro atoms. The summed E-state index contributed by atoms with van der Waals surface area (Å²) in [5.41, 5.74) is 0. The summed E-state index contributed by atoms with van der Waals surface area (Å²) in [7, 11) is 8.23. The number of aliphatic hydroxyl groups excluding tert-OH is 1. The lowest BCUT2D eigenvalue weighted by Crippen LogP contribution is -2.54. The lowest BCUT2D eigenvalue weighted by Gasteiger charge is -2.35. The molecule has 0 aliphatic heterocycles. The molecule has 0 heterocycles. The van der Waals surface area contributed by atoms with Gasteiger partial charge in [0.1, 0.15) is 39.4 Å². The number of rotatable bonds is 28. The van der Waals surface area contributed by atoms with Crippen LogP contribution in [0.4, 0.5) is 0 Å². The molecule has 0 fully saturated rings. The van der Waals surface area contributed by atoms with E-state index in [1.165, 1.54) is 77.0 Å². The topological polar surface area (TPSA) is 72.8 Å². The molecule has 0 bridgehead atoms. The maximum Gasteiger partial charge on any atom is 0.305 e. The molecule has 0 saturated heterocycles. The number of esters is 2. The number of aliphatic hydroxyl groups is 1. The van der Waals surface area contributed by atoms with Crippen LogP contribution >= 0.6 is 0 Å². The molecule has 0 unspecified atom stereocenters. The van der Waals surface area contributed by atoms with Crippen LogP contribution in [0.5, 0.6) is 0 Å². The molecule has 0 aliphatic carbocycles. The van der Waals surface area contributed by atoms with Crippen LogP contribution in [0.25, 0.3) is 0 Å². The fraction of sp³-hybridized carbons (Fsp3) is 0.939. The van der Waals surface area contributed by atoms with Gasteiger partial charge in [0.05, 0.1) is 28.2 Å². The van der Waals surface area contributed by atoms with Crippen molar-refractivity contribution in [2.75, 3.05) is 67.6 Å². The first-order chi connectivity index (χ1) is 19.0. The average Bonchev–Trinajstić information content (AvgIpc) is 2.86. The van der Waals surface area contributed by atoms with Crippen LogP contribution < -0.4 is 0 Å². The SMILES string of the molecule is CCCCCCCCCCC(=O)OCC[N+](C)(C)CC(O)C[N+](C)(C)CCOC(=O)CCCCCCCCCC. The lowest BCUT2D eigenvalue weighted by atomic mass is 10.1. The Morgan fingerprint density at radius 3 is 1.18 bits per heavy atom. The van der Waals surface area contributed by atoms with Crippen molar-refractivity contribution in [1.82, 2.24) is 0 Å². The van der Waals surface area contributed by atoms with Gasteiger partial charge in [0.25, 0.3) is 0 Å². The predicted molar refractivity (Wildman–Crippen MR) is 166 cm³/mol. The zero-order chi connectivity index (χ0) is 30.1. The summed E-state index contributed by atoms with van der Waals surface area (Å²) in [6, 6.07) is 0. The van der Waals surface area contributed by atoms with Gasteiger partial charge in [-0.2, -0.15) is 0 Å². The third-order valence-electron chi connectivity index (χ3n) is 7.80. The quantitative estimate of drug-likeness (QED) is 0.0646. The number of hydrogen-bond acceptors (Lipinski definition) is 5. The minimum Gasteiger partial charge on any atom is -0.460 e. The first-order valence-electron chi connectivity index (χ1n) is 16.6. The zero-order valence-electron chi connectivity index (χ0n) is 27.5. The van der Waals surface area contributed by atoms with Crippen molar-refractivity contribution in [1.29, 1.82) is 0 Å². The standard InChI is InChI=1S/C33H68N2O5/c1-7-9-11-13-15-17-19-21-23-32(37)39-27-25-34(3,4)29-31(36)30-35(5,6)26-28-40-33(38)24-22-20-18-16-14-12-10-8-2/h31,36H,7-30H2,1-6H3/q+2. The first-order valence-corrected chi connectivity index (χ1v) is 16.6. The van der Waals surface area contributed by atoms with Crippen LogP contribution in [-0.2, 0) is 19.1 Å². The maximum absolute atomic E-state index is 12.1. The van der Waals surface area contributed by atoms with Crippen LogP contribution in [-0.4, -0.2) is 99.7 Å². The molecule has 0 atom stereocenters. The Morgan fingerprint density at radius 2 is 0.850 bits per heavy atom. The van der Waals surface area contributed by atoms with E-state index >= 15 is 0 Å². The minimum atomic E-state index is -0.494. The Bertz CT molecular complexity index is 572. The lowest BCUT2D eigenvalue weighted by molar-refractivity contribution is -0.914. The molecule has 0 aromatic rings. The van der Waals surface area contributed by atoms with Gasteiger partial charge in [-0.1, -0.05) is 104 Å². The van der Waals surface area contributed by atoms with Gasteiger partial charge in [-0.15, -0.1) is 0 Å². The van der Waals surface area contributed by atoms with E-state index < -0.39 is 6.10 Å². The van der Waals surface area contributed by atoms with Gasteiger partial charge in [0.15, 0.2) is 6.10 Å². The number of ether oxygens (including phenoxy) is 2. The van der Waals surface area contributed by atoms with E-state index in [0.29, 0.717) is 61.2 Å². The summed E-state index contributed by atoms with van der Waals surface area (Å²) in [5.74, 6) is -0.220. The van der Waals surface area contributed by atoms with E-state index in [1.807, 2.05) is 0 Å². The van der Waals surface area contributed by atoms with Crippen molar-refractivity contribution in [3.63, 3.8) is 0 Å². The fourth-order valence-corrected chi connectivity index (χ4v) is 5.15. The number of hydrogen-bond donors (Lipinski definition) is 1. The van der Waals surface area contributed by atoms with Gasteiger partial charge < -0.3 is 23.5 Å². The van der Waals surface area contributed by atoms with Gasteiger partial charge in [0.2, 0.25) is 0 Å². The second kappa shape index (κ2) is 24.4. The summed E-state index contributed by atoms with van der Waals surface area (Å²) in [6.07, 6.45) is 19.9. The van der Waals surface area contributed by atoms with Gasteiger partial charge >= 0.3 is 11.9 Å². The summed E-state index contributed by atoms with van der Waals surface area (Å²) in [5, 5.41) is 10.8. The smallest absolute Gasteiger partial charge is 0.305 e. The Balaban J connectivity index is 3.95. The van der Waals surface area contributed by atoms with Gasteiger partial charge in [-0.05, 0) is 12.8 Å². The molecule has 7 nitrogen and oxygen atoms in total. The van der Waals surface area contributed by atoms with Gasteiger partial charge in [0, 0.05) is 12.8 Å². The third kappa shape index (κ3) is 25.8. The van der Waals surface area contributed by atoms with Crippen molar-refractivity contribution in [3.8, 4) is 0 Å². The normalized spacial score (nSPS) is 12.2. The Kier molecular flexibility index (Phi) is 23.7. The van der Waals surface area contributed by atoms with Crippen molar-refractivity contribution in [2.24, 2.45) is 0 Å². The number of nitrogens with zero attached hydrogens (tertiary/aromatic N) is 2. The molecule has 40 heavy (non-hydrogen) atoms. The summed E-state index contributed by atoms with van der Waals surface area (Å²) in [6.45, 7) is 7.72. The summed E-state index contributed by atoms with van der Waals surface area (Å²) in [4.78, 5) is 24.2. The van der Waals surface area contributed by atoms with Crippen LogP contribution in [0.15, 0.2) is 0 Å². The Labute approximate surface area is 248 Å². The van der Waals surface area contributed by atoms with Crippen molar-refractivity contribution < 1.29 is 33.1 Å². The highest BCUT2D eigenvalue weighted by Gasteiger charge is 2.27. The van der Waals surface area contributed by atoms with E-state index in [9.17, 15) is 14.7 Å². The van der Waals surface area contributed by atoms with Crippen LogP contribution in [0.2, 0.25) is 0 Å². The van der Waals surface area contributed by atoms with Gasteiger partial charge in [-0.25, -0.2) is 0 Å². The predicted octanol–water partition coefficient (Wildman–Crippen LogP) is 6.65. The monoisotopic (exact) mass is 573 g/mol. The van der Waals surface area contributed by atoms with Crippen LogP contribution in [0, 0.1) is 0 Å². The molecular formula is C33H68N2O5+2. The highest BCUT2D eigenvalue weighted by molar-refractivity contribution is 5.69. The molecule has 0 aromatic heterocycles. The number of likely N-dealkylation sites (N-methyl/N-ethyl adjacent to an activating group) is 2. The molecule has 0 aliphatic rings.